The summed E-state index contributed by atoms with van der Waals surface area (Å²) < 4.78 is 25.7. The summed E-state index contributed by atoms with van der Waals surface area (Å²) in [6.07, 6.45) is 0.956. The largest absolute Gasteiger partial charge is 0.323 e. The maximum atomic E-state index is 12.8. The smallest absolute Gasteiger partial charge is 0.271 e. The second-order valence-corrected chi connectivity index (χ2v) is 9.98. The van der Waals surface area contributed by atoms with Gasteiger partial charge in [0.05, 0.1) is 22.6 Å². The lowest BCUT2D eigenvalue weighted by Gasteiger charge is -2.23. The number of amides is 1. The van der Waals surface area contributed by atoms with E-state index in [2.05, 4.69) is 5.32 Å². The molecule has 3 aromatic carbocycles. The van der Waals surface area contributed by atoms with E-state index >= 15 is 0 Å². The van der Waals surface area contributed by atoms with Crippen LogP contribution in [-0.4, -0.2) is 32.0 Å². The molecule has 32 heavy (non-hydrogen) atoms. The number of nitro benzene ring substituents is 1. The van der Waals surface area contributed by atoms with Gasteiger partial charge in [0.15, 0.2) is 0 Å². The highest BCUT2D eigenvalue weighted by atomic mass is 32.2. The van der Waals surface area contributed by atoms with E-state index in [1.54, 1.807) is 19.1 Å². The molecule has 0 aliphatic rings. The number of sulfonamides is 1. The lowest BCUT2D eigenvalue weighted by atomic mass is 10.2. The Labute approximate surface area is 190 Å². The van der Waals surface area contributed by atoms with E-state index in [0.29, 0.717) is 11.3 Å². The number of nitrogens with one attached hydrogen (secondary N) is 1. The maximum absolute atomic E-state index is 12.8. The van der Waals surface area contributed by atoms with Crippen LogP contribution in [-0.2, 0) is 14.8 Å². The molecule has 166 valence electrons. The van der Waals surface area contributed by atoms with Gasteiger partial charge in [0.2, 0.25) is 15.9 Å². The van der Waals surface area contributed by atoms with Crippen LogP contribution in [0.4, 0.5) is 17.1 Å². The summed E-state index contributed by atoms with van der Waals surface area (Å²) >= 11 is 1.46. The van der Waals surface area contributed by atoms with Gasteiger partial charge in [-0.15, -0.1) is 0 Å². The monoisotopic (exact) mass is 471 g/mol. The SMILES string of the molecule is Cc1ccc([N+](=O)[O-])cc1N(CC(=O)Nc1ccccc1Sc1ccccc1)S(C)(=O)=O. The first kappa shape index (κ1) is 23.3. The molecule has 1 N–H and O–H groups in total. The molecule has 0 spiro atoms. The minimum Gasteiger partial charge on any atom is -0.323 e. The number of anilines is 2. The van der Waals surface area contributed by atoms with Crippen molar-refractivity contribution >= 4 is 44.8 Å². The third-order valence-electron chi connectivity index (χ3n) is 4.49. The van der Waals surface area contributed by atoms with Crippen molar-refractivity contribution in [1.82, 2.24) is 0 Å². The van der Waals surface area contributed by atoms with Crippen molar-refractivity contribution in [3.63, 3.8) is 0 Å². The van der Waals surface area contributed by atoms with Crippen molar-refractivity contribution in [3.8, 4) is 0 Å². The molecule has 0 aromatic heterocycles. The van der Waals surface area contributed by atoms with E-state index in [4.69, 9.17) is 0 Å². The number of aryl methyl sites for hydroxylation is 1. The lowest BCUT2D eigenvalue weighted by Crippen LogP contribution is -2.38. The summed E-state index contributed by atoms with van der Waals surface area (Å²) in [6.45, 7) is 1.10. The Morgan fingerprint density at radius 1 is 1.06 bits per heavy atom. The standard InChI is InChI=1S/C22H21N3O5S2/c1-16-12-13-17(25(27)28)14-20(16)24(32(2,29)30)15-22(26)23-19-10-6-7-11-21(19)31-18-8-4-3-5-9-18/h3-14H,15H2,1-2H3,(H,23,26). The Kier molecular flexibility index (Phi) is 7.16. The number of carbonyl (C=O) groups is 1. The fraction of sp³-hybridized carbons (Fsp3) is 0.136. The van der Waals surface area contributed by atoms with Crippen molar-refractivity contribution in [2.75, 3.05) is 22.4 Å². The molecule has 0 bridgehead atoms. The number of non-ortho nitro benzene ring substituents is 1. The Hall–Kier alpha value is -3.37. The van der Waals surface area contributed by atoms with Crippen LogP contribution in [0.15, 0.2) is 82.6 Å². The van der Waals surface area contributed by atoms with Crippen LogP contribution in [0.1, 0.15) is 5.56 Å². The Balaban J connectivity index is 1.85. The first-order valence-corrected chi connectivity index (χ1v) is 12.2. The van der Waals surface area contributed by atoms with Gasteiger partial charge in [-0.25, -0.2) is 8.42 Å². The third-order valence-corrected chi connectivity index (χ3v) is 6.70. The molecule has 8 nitrogen and oxygen atoms in total. The summed E-state index contributed by atoms with van der Waals surface area (Å²) in [5.41, 5.74) is 0.859. The number of hydrogen-bond acceptors (Lipinski definition) is 6. The average molecular weight is 472 g/mol. The van der Waals surface area contributed by atoms with Crippen LogP contribution < -0.4 is 9.62 Å². The summed E-state index contributed by atoms with van der Waals surface area (Å²) in [4.78, 5) is 25.1. The lowest BCUT2D eigenvalue weighted by molar-refractivity contribution is -0.384. The van der Waals surface area contributed by atoms with Crippen LogP contribution in [0.3, 0.4) is 0 Å². The number of carbonyl (C=O) groups excluding carboxylic acids is 1. The zero-order chi connectivity index (χ0) is 23.3. The van der Waals surface area contributed by atoms with Gasteiger partial charge < -0.3 is 5.32 Å². The highest BCUT2D eigenvalue weighted by Crippen LogP contribution is 2.33. The van der Waals surface area contributed by atoms with Crippen LogP contribution in [0, 0.1) is 17.0 Å². The van der Waals surface area contributed by atoms with Gasteiger partial charge in [-0.3, -0.25) is 19.2 Å². The molecule has 3 aromatic rings. The van der Waals surface area contributed by atoms with Gasteiger partial charge in [0.1, 0.15) is 6.54 Å². The van der Waals surface area contributed by atoms with E-state index in [-0.39, 0.29) is 11.4 Å². The summed E-state index contributed by atoms with van der Waals surface area (Å²) in [5, 5.41) is 13.9. The summed E-state index contributed by atoms with van der Waals surface area (Å²) in [7, 11) is -3.88. The molecule has 0 aliphatic heterocycles. The Bertz CT molecular complexity index is 1250. The van der Waals surface area contributed by atoms with E-state index in [1.807, 2.05) is 42.5 Å². The van der Waals surface area contributed by atoms with E-state index in [0.717, 1.165) is 26.4 Å². The second-order valence-electron chi connectivity index (χ2n) is 6.96. The molecular weight excluding hydrogens is 450 g/mol. The summed E-state index contributed by atoms with van der Waals surface area (Å²) in [6, 6.07) is 20.7. The van der Waals surface area contributed by atoms with Crippen molar-refractivity contribution in [2.24, 2.45) is 0 Å². The number of rotatable bonds is 8. The molecule has 3 rings (SSSR count). The number of benzene rings is 3. The predicted octanol–water partition coefficient (Wildman–Crippen LogP) is 4.46. The van der Waals surface area contributed by atoms with Crippen molar-refractivity contribution < 1.29 is 18.1 Å². The van der Waals surface area contributed by atoms with Crippen LogP contribution in [0.5, 0.6) is 0 Å². The minimum atomic E-state index is -3.88. The van der Waals surface area contributed by atoms with E-state index in [1.165, 1.54) is 23.9 Å². The molecule has 1 amide bonds. The Morgan fingerprint density at radius 2 is 1.72 bits per heavy atom. The molecule has 0 fully saturated rings. The first-order valence-electron chi connectivity index (χ1n) is 9.49. The molecule has 10 heteroatoms. The highest BCUT2D eigenvalue weighted by Gasteiger charge is 2.24. The van der Waals surface area contributed by atoms with Crippen molar-refractivity contribution in [1.29, 1.82) is 0 Å². The van der Waals surface area contributed by atoms with Gasteiger partial charge >= 0.3 is 0 Å². The Morgan fingerprint density at radius 3 is 2.38 bits per heavy atom. The average Bonchev–Trinajstić information content (AvgIpc) is 2.74. The predicted molar refractivity (Wildman–Crippen MR) is 126 cm³/mol. The maximum Gasteiger partial charge on any atom is 0.271 e. The number of nitrogens with zero attached hydrogens (tertiary/aromatic N) is 2. The topological polar surface area (TPSA) is 110 Å². The first-order chi connectivity index (χ1) is 15.1. The normalized spacial score (nSPS) is 11.1. The molecular formula is C22H21N3O5S2. The van der Waals surface area contributed by atoms with E-state index in [9.17, 15) is 23.3 Å². The fourth-order valence-corrected chi connectivity index (χ4v) is 4.78. The molecule has 0 aliphatic carbocycles. The van der Waals surface area contributed by atoms with Gasteiger partial charge in [0.25, 0.3) is 5.69 Å². The zero-order valence-electron chi connectivity index (χ0n) is 17.4. The second kappa shape index (κ2) is 9.84. The highest BCUT2D eigenvalue weighted by molar-refractivity contribution is 7.99. The van der Waals surface area contributed by atoms with Crippen LogP contribution in [0.2, 0.25) is 0 Å². The molecule has 0 heterocycles. The molecule has 0 saturated carbocycles. The number of nitro groups is 1. The van der Waals surface area contributed by atoms with E-state index < -0.39 is 27.4 Å². The van der Waals surface area contributed by atoms with Crippen LogP contribution >= 0.6 is 11.8 Å². The number of para-hydroxylation sites is 1. The quantitative estimate of drug-likeness (QED) is 0.384. The van der Waals surface area contributed by atoms with Gasteiger partial charge in [-0.05, 0) is 36.8 Å². The van der Waals surface area contributed by atoms with Gasteiger partial charge in [0, 0.05) is 21.9 Å². The molecule has 0 atom stereocenters. The molecule has 0 radical (unpaired) electrons. The number of hydrogen-bond donors (Lipinski definition) is 1. The third kappa shape index (κ3) is 5.86. The molecule has 0 unspecified atom stereocenters. The minimum absolute atomic E-state index is 0.0868. The van der Waals surface area contributed by atoms with Gasteiger partial charge in [-0.1, -0.05) is 48.2 Å². The van der Waals surface area contributed by atoms with Crippen molar-refractivity contribution in [2.45, 2.75) is 16.7 Å². The van der Waals surface area contributed by atoms with Crippen LogP contribution in [0.25, 0.3) is 0 Å². The fourth-order valence-electron chi connectivity index (χ4n) is 2.96. The molecule has 0 saturated heterocycles. The van der Waals surface area contributed by atoms with Gasteiger partial charge in [-0.2, -0.15) is 0 Å². The summed E-state index contributed by atoms with van der Waals surface area (Å²) in [5.74, 6) is -0.567. The zero-order valence-corrected chi connectivity index (χ0v) is 19.0. The van der Waals surface area contributed by atoms with Crippen molar-refractivity contribution in [3.05, 3.63) is 88.5 Å².